The van der Waals surface area contributed by atoms with E-state index in [1.54, 1.807) is 6.08 Å². The van der Waals surface area contributed by atoms with Crippen LogP contribution in [0.1, 0.15) is 36.5 Å². The maximum absolute atomic E-state index is 13.0. The van der Waals surface area contributed by atoms with Gasteiger partial charge in [0.15, 0.2) is 9.84 Å². The number of benzene rings is 1. The Morgan fingerprint density at radius 2 is 1.83 bits per heavy atom. The van der Waals surface area contributed by atoms with E-state index >= 15 is 0 Å². The lowest BCUT2D eigenvalue weighted by atomic mass is 10.0. The van der Waals surface area contributed by atoms with E-state index in [-0.39, 0.29) is 34.9 Å². The van der Waals surface area contributed by atoms with Crippen LogP contribution in [0.5, 0.6) is 0 Å². The number of carbonyl (C=O) groups excluding carboxylic acids is 1. The molecule has 7 nitrogen and oxygen atoms in total. The van der Waals surface area contributed by atoms with E-state index in [0.29, 0.717) is 31.0 Å². The molecule has 1 aromatic rings. The standard InChI is InChI=1S/C20H28N2O5S2/c1-3-11-22(18-10-14-28(24,25)15-18)20(23)17-4-6-19(7-5-17)29(26,27)21-12-8-16(2)9-13-21/h3-7,16,18H,1,8-15H2,2H3. The predicted molar refractivity (Wildman–Crippen MR) is 112 cm³/mol. The molecule has 3 rings (SSSR count). The largest absolute Gasteiger partial charge is 0.331 e. The molecule has 2 heterocycles. The number of hydrogen-bond donors (Lipinski definition) is 0. The van der Waals surface area contributed by atoms with Gasteiger partial charge in [-0.05, 0) is 49.4 Å². The summed E-state index contributed by atoms with van der Waals surface area (Å²) < 4.78 is 50.8. The van der Waals surface area contributed by atoms with Crippen LogP contribution in [-0.4, -0.2) is 69.1 Å². The monoisotopic (exact) mass is 440 g/mol. The minimum absolute atomic E-state index is 0.0492. The number of amides is 1. The molecule has 0 radical (unpaired) electrons. The maximum Gasteiger partial charge on any atom is 0.254 e. The molecular weight excluding hydrogens is 412 g/mol. The average Bonchev–Trinajstić information content (AvgIpc) is 3.05. The van der Waals surface area contributed by atoms with Gasteiger partial charge in [0.2, 0.25) is 10.0 Å². The number of carbonyl (C=O) groups is 1. The highest BCUT2D eigenvalue weighted by Crippen LogP contribution is 2.25. The van der Waals surface area contributed by atoms with Crippen molar-refractivity contribution >= 4 is 25.8 Å². The topological polar surface area (TPSA) is 91.8 Å². The first kappa shape index (κ1) is 22.0. The van der Waals surface area contributed by atoms with Crippen LogP contribution >= 0.6 is 0 Å². The zero-order valence-electron chi connectivity index (χ0n) is 16.7. The third kappa shape index (κ3) is 4.90. The van der Waals surface area contributed by atoms with E-state index in [1.807, 2.05) is 0 Å². The lowest BCUT2D eigenvalue weighted by Gasteiger charge is -2.29. The third-order valence-electron chi connectivity index (χ3n) is 5.72. The van der Waals surface area contributed by atoms with Crippen molar-refractivity contribution in [1.29, 1.82) is 0 Å². The van der Waals surface area contributed by atoms with Crippen LogP contribution in [0.4, 0.5) is 0 Å². The summed E-state index contributed by atoms with van der Waals surface area (Å²) in [6.45, 7) is 7.04. The molecule has 160 valence electrons. The zero-order chi connectivity index (χ0) is 21.2. The van der Waals surface area contributed by atoms with Crippen molar-refractivity contribution in [3.05, 3.63) is 42.5 Å². The van der Waals surface area contributed by atoms with Gasteiger partial charge in [-0.1, -0.05) is 13.0 Å². The lowest BCUT2D eigenvalue weighted by Crippen LogP contribution is -2.41. The Morgan fingerprint density at radius 3 is 2.34 bits per heavy atom. The van der Waals surface area contributed by atoms with Crippen LogP contribution in [0, 0.1) is 5.92 Å². The quantitative estimate of drug-likeness (QED) is 0.630. The van der Waals surface area contributed by atoms with Crippen LogP contribution < -0.4 is 0 Å². The Morgan fingerprint density at radius 1 is 1.21 bits per heavy atom. The van der Waals surface area contributed by atoms with E-state index in [2.05, 4.69) is 13.5 Å². The first-order chi connectivity index (χ1) is 13.6. The molecule has 2 fully saturated rings. The summed E-state index contributed by atoms with van der Waals surface area (Å²) in [5.74, 6) is 0.232. The highest BCUT2D eigenvalue weighted by molar-refractivity contribution is 7.91. The number of sulfone groups is 1. The molecule has 2 saturated heterocycles. The summed E-state index contributed by atoms with van der Waals surface area (Å²) >= 11 is 0. The summed E-state index contributed by atoms with van der Waals surface area (Å²) in [5.41, 5.74) is 0.336. The van der Waals surface area contributed by atoms with E-state index in [4.69, 9.17) is 0 Å². The Bertz CT molecular complexity index is 963. The highest BCUT2D eigenvalue weighted by Gasteiger charge is 2.35. The summed E-state index contributed by atoms with van der Waals surface area (Å²) in [4.78, 5) is 14.6. The molecule has 0 spiro atoms. The smallest absolute Gasteiger partial charge is 0.254 e. The van der Waals surface area contributed by atoms with Gasteiger partial charge in [0, 0.05) is 31.2 Å². The van der Waals surface area contributed by atoms with Crippen molar-refractivity contribution < 1.29 is 21.6 Å². The second kappa shape index (κ2) is 8.57. The van der Waals surface area contributed by atoms with Crippen molar-refractivity contribution in [3.8, 4) is 0 Å². The molecule has 0 aliphatic carbocycles. The highest BCUT2D eigenvalue weighted by atomic mass is 32.2. The minimum Gasteiger partial charge on any atom is -0.331 e. The molecular formula is C20H28N2O5S2. The molecule has 0 bridgehead atoms. The summed E-state index contributed by atoms with van der Waals surface area (Å²) in [6, 6.07) is 5.53. The lowest BCUT2D eigenvalue weighted by molar-refractivity contribution is 0.0720. The normalized spacial score (nSPS) is 23.0. The van der Waals surface area contributed by atoms with Crippen molar-refractivity contribution in [2.75, 3.05) is 31.1 Å². The van der Waals surface area contributed by atoms with Crippen LogP contribution in [0.15, 0.2) is 41.8 Å². The fourth-order valence-electron chi connectivity index (χ4n) is 3.87. The van der Waals surface area contributed by atoms with Gasteiger partial charge in [0.05, 0.1) is 16.4 Å². The first-order valence-electron chi connectivity index (χ1n) is 9.86. The van der Waals surface area contributed by atoms with Crippen LogP contribution in [-0.2, 0) is 19.9 Å². The average molecular weight is 441 g/mol. The molecule has 2 aliphatic heterocycles. The van der Waals surface area contributed by atoms with Crippen molar-refractivity contribution in [3.63, 3.8) is 0 Å². The van der Waals surface area contributed by atoms with Crippen LogP contribution in [0.2, 0.25) is 0 Å². The molecule has 1 amide bonds. The van der Waals surface area contributed by atoms with E-state index in [1.165, 1.54) is 33.5 Å². The van der Waals surface area contributed by atoms with Crippen molar-refractivity contribution in [2.24, 2.45) is 5.92 Å². The van der Waals surface area contributed by atoms with Gasteiger partial charge < -0.3 is 4.90 Å². The van der Waals surface area contributed by atoms with Gasteiger partial charge in [0.25, 0.3) is 5.91 Å². The number of sulfonamides is 1. The van der Waals surface area contributed by atoms with Crippen LogP contribution in [0.3, 0.4) is 0 Å². The predicted octanol–water partition coefficient (Wildman–Crippen LogP) is 1.92. The van der Waals surface area contributed by atoms with Gasteiger partial charge in [-0.25, -0.2) is 16.8 Å². The summed E-state index contributed by atoms with van der Waals surface area (Å²) in [7, 11) is -6.71. The maximum atomic E-state index is 13.0. The number of nitrogens with zero attached hydrogens (tertiary/aromatic N) is 2. The van der Waals surface area contributed by atoms with Crippen LogP contribution in [0.25, 0.3) is 0 Å². The second-order valence-corrected chi connectivity index (χ2v) is 12.1. The summed E-state index contributed by atoms with van der Waals surface area (Å²) in [6.07, 6.45) is 3.66. The van der Waals surface area contributed by atoms with Crippen molar-refractivity contribution in [2.45, 2.75) is 37.1 Å². The Balaban J connectivity index is 1.77. The molecule has 2 aliphatic rings. The number of piperidine rings is 1. The molecule has 0 N–H and O–H groups in total. The van der Waals surface area contributed by atoms with Gasteiger partial charge in [-0.3, -0.25) is 4.79 Å². The van der Waals surface area contributed by atoms with E-state index < -0.39 is 19.9 Å². The van der Waals surface area contributed by atoms with E-state index in [0.717, 1.165) is 12.8 Å². The van der Waals surface area contributed by atoms with Crippen molar-refractivity contribution in [1.82, 2.24) is 9.21 Å². The van der Waals surface area contributed by atoms with Gasteiger partial charge in [-0.15, -0.1) is 6.58 Å². The first-order valence-corrected chi connectivity index (χ1v) is 13.1. The SMILES string of the molecule is C=CCN(C(=O)c1ccc(S(=O)(=O)N2CCC(C)CC2)cc1)C1CCS(=O)(=O)C1. The Kier molecular flexibility index (Phi) is 6.50. The summed E-state index contributed by atoms with van der Waals surface area (Å²) in [5, 5.41) is 0. The number of rotatable bonds is 6. The number of hydrogen-bond acceptors (Lipinski definition) is 5. The molecule has 9 heteroatoms. The molecule has 0 aromatic heterocycles. The Hall–Kier alpha value is -1.71. The van der Waals surface area contributed by atoms with Gasteiger partial charge in [-0.2, -0.15) is 4.31 Å². The second-order valence-electron chi connectivity index (χ2n) is 7.91. The molecule has 29 heavy (non-hydrogen) atoms. The van der Waals surface area contributed by atoms with Gasteiger partial charge in [0.1, 0.15) is 0 Å². The molecule has 1 unspecified atom stereocenters. The fourth-order valence-corrected chi connectivity index (χ4v) is 7.07. The molecule has 1 aromatic carbocycles. The fraction of sp³-hybridized carbons (Fsp3) is 0.550. The molecule has 0 saturated carbocycles. The zero-order valence-corrected chi connectivity index (χ0v) is 18.3. The van der Waals surface area contributed by atoms with Gasteiger partial charge >= 0.3 is 0 Å². The Labute approximate surface area is 173 Å². The third-order valence-corrected chi connectivity index (χ3v) is 9.38. The van der Waals surface area contributed by atoms with E-state index in [9.17, 15) is 21.6 Å². The minimum atomic E-state index is -3.58. The molecule has 1 atom stereocenters.